The van der Waals surface area contributed by atoms with Crippen molar-refractivity contribution in [1.29, 1.82) is 0 Å². The fourth-order valence-corrected chi connectivity index (χ4v) is 2.81. The first-order chi connectivity index (χ1) is 13.8. The van der Waals surface area contributed by atoms with Gasteiger partial charge in [-0.1, -0.05) is 38.1 Å². The summed E-state index contributed by atoms with van der Waals surface area (Å²) in [6.45, 7) is 7.77. The Kier molecular flexibility index (Phi) is 6.12. The molecule has 0 fully saturated rings. The van der Waals surface area contributed by atoms with Gasteiger partial charge in [0.25, 0.3) is 5.91 Å². The van der Waals surface area contributed by atoms with Crippen LogP contribution in [0.25, 0.3) is 11.4 Å². The van der Waals surface area contributed by atoms with Crippen molar-refractivity contribution < 1.29 is 14.3 Å². The topological polar surface area (TPSA) is 84.1 Å². The molecule has 0 unspecified atom stereocenters. The van der Waals surface area contributed by atoms with E-state index in [2.05, 4.69) is 29.1 Å². The van der Waals surface area contributed by atoms with Crippen LogP contribution in [0.3, 0.4) is 0 Å². The van der Waals surface area contributed by atoms with Crippen molar-refractivity contribution in [2.24, 2.45) is 0 Å². The molecule has 29 heavy (non-hydrogen) atoms. The molecule has 1 aromatic heterocycles. The molecule has 0 bridgehead atoms. The highest BCUT2D eigenvalue weighted by molar-refractivity contribution is 5.95. The minimum absolute atomic E-state index is 0.344. The van der Waals surface area contributed by atoms with Crippen molar-refractivity contribution in [2.45, 2.75) is 33.6 Å². The van der Waals surface area contributed by atoms with E-state index >= 15 is 0 Å². The van der Waals surface area contributed by atoms with E-state index in [0.29, 0.717) is 17.2 Å². The number of hydrogen-bond donors (Lipinski definition) is 2. The number of aromatic nitrogens is 2. The van der Waals surface area contributed by atoms with Gasteiger partial charge < -0.3 is 15.0 Å². The number of carbonyl (C=O) groups is 2. The van der Waals surface area contributed by atoms with Gasteiger partial charge in [0.15, 0.2) is 6.61 Å². The zero-order valence-corrected chi connectivity index (χ0v) is 17.1. The molecule has 0 spiro atoms. The Balaban J connectivity index is 1.54. The number of rotatable bonds is 6. The van der Waals surface area contributed by atoms with Crippen molar-refractivity contribution in [1.82, 2.24) is 9.97 Å². The van der Waals surface area contributed by atoms with Crippen LogP contribution in [0.1, 0.15) is 47.1 Å². The summed E-state index contributed by atoms with van der Waals surface area (Å²) in [5.41, 5.74) is 5.06. The first-order valence-electron chi connectivity index (χ1n) is 9.54. The molecule has 1 heterocycles. The van der Waals surface area contributed by atoms with Crippen molar-refractivity contribution in [3.63, 3.8) is 0 Å². The number of ether oxygens (including phenoxy) is 1. The molecule has 0 saturated heterocycles. The van der Waals surface area contributed by atoms with E-state index in [1.807, 2.05) is 38.1 Å². The van der Waals surface area contributed by atoms with Crippen molar-refractivity contribution in [3.05, 3.63) is 71.0 Å². The summed E-state index contributed by atoms with van der Waals surface area (Å²) in [6, 6.07) is 14.5. The molecule has 2 aromatic carbocycles. The van der Waals surface area contributed by atoms with Crippen LogP contribution >= 0.6 is 0 Å². The second-order valence-electron chi connectivity index (χ2n) is 7.27. The summed E-state index contributed by atoms with van der Waals surface area (Å²) in [4.78, 5) is 31.9. The Bertz CT molecular complexity index is 983. The predicted molar refractivity (Wildman–Crippen MR) is 113 cm³/mol. The lowest BCUT2D eigenvalue weighted by Crippen LogP contribution is -2.20. The maximum atomic E-state index is 12.2. The average molecular weight is 391 g/mol. The van der Waals surface area contributed by atoms with Gasteiger partial charge in [-0.15, -0.1) is 0 Å². The molecule has 3 aromatic rings. The van der Waals surface area contributed by atoms with Crippen LogP contribution < -0.4 is 5.32 Å². The normalized spacial score (nSPS) is 10.8. The molecule has 0 radical (unpaired) electrons. The van der Waals surface area contributed by atoms with Gasteiger partial charge in [-0.25, -0.2) is 9.78 Å². The van der Waals surface area contributed by atoms with E-state index < -0.39 is 5.97 Å². The third-order valence-electron chi connectivity index (χ3n) is 4.72. The van der Waals surface area contributed by atoms with Crippen LogP contribution in [0.4, 0.5) is 5.69 Å². The molecule has 150 valence electrons. The zero-order valence-electron chi connectivity index (χ0n) is 17.1. The fourth-order valence-electron chi connectivity index (χ4n) is 2.81. The third kappa shape index (κ3) is 5.10. The molecule has 6 heteroatoms. The Labute approximate surface area is 170 Å². The van der Waals surface area contributed by atoms with Gasteiger partial charge in [0, 0.05) is 16.9 Å². The predicted octanol–water partition coefficient (Wildman–Crippen LogP) is 4.61. The average Bonchev–Trinajstić information content (AvgIpc) is 3.05. The van der Waals surface area contributed by atoms with Crippen LogP contribution in [0.2, 0.25) is 0 Å². The molecule has 1 amide bonds. The van der Waals surface area contributed by atoms with Crippen molar-refractivity contribution in [3.8, 4) is 11.4 Å². The van der Waals surface area contributed by atoms with Gasteiger partial charge in [-0.2, -0.15) is 0 Å². The van der Waals surface area contributed by atoms with Gasteiger partial charge in [-0.05, 0) is 49.6 Å². The zero-order chi connectivity index (χ0) is 21.0. The first-order valence-corrected chi connectivity index (χ1v) is 9.54. The molecule has 0 aliphatic rings. The lowest BCUT2D eigenvalue weighted by atomic mass is 10.0. The Morgan fingerprint density at radius 3 is 2.24 bits per heavy atom. The van der Waals surface area contributed by atoms with Crippen LogP contribution in [-0.2, 0) is 9.53 Å². The highest BCUT2D eigenvalue weighted by atomic mass is 16.5. The summed E-state index contributed by atoms with van der Waals surface area (Å²) < 4.78 is 5.12. The van der Waals surface area contributed by atoms with Gasteiger partial charge in [-0.3, -0.25) is 4.79 Å². The number of nitrogens with one attached hydrogen (secondary N) is 2. The molecule has 2 N–H and O–H groups in total. The SMILES string of the molecule is Cc1nc(-c2ccc(C(=O)OCC(=O)Nc3ccc(C(C)C)cc3)cc2)[nH]c1C. The molecule has 6 nitrogen and oxygen atoms in total. The Morgan fingerprint density at radius 2 is 1.69 bits per heavy atom. The number of nitrogens with zero attached hydrogens (tertiary/aromatic N) is 1. The van der Waals surface area contributed by atoms with Crippen LogP contribution in [0, 0.1) is 13.8 Å². The summed E-state index contributed by atoms with van der Waals surface area (Å²) >= 11 is 0. The number of anilines is 1. The fraction of sp³-hybridized carbons (Fsp3) is 0.261. The van der Waals surface area contributed by atoms with Gasteiger partial charge >= 0.3 is 5.97 Å². The number of esters is 1. The second-order valence-corrected chi connectivity index (χ2v) is 7.27. The molecular formula is C23H25N3O3. The summed E-state index contributed by atoms with van der Waals surface area (Å²) in [5, 5.41) is 2.72. The van der Waals surface area contributed by atoms with Crippen molar-refractivity contribution in [2.75, 3.05) is 11.9 Å². The van der Waals surface area contributed by atoms with E-state index in [1.165, 1.54) is 5.56 Å². The molecule has 0 saturated carbocycles. The standard InChI is InChI=1S/C23H25N3O3/c1-14(2)17-9-11-20(12-10-17)26-21(27)13-29-23(28)19-7-5-18(6-8-19)22-24-15(3)16(4)25-22/h5-12,14H,13H2,1-4H3,(H,24,25)(H,26,27). The quantitative estimate of drug-likeness (QED) is 0.601. The second kappa shape index (κ2) is 8.73. The summed E-state index contributed by atoms with van der Waals surface area (Å²) in [7, 11) is 0. The number of amides is 1. The number of H-pyrrole nitrogens is 1. The number of imidazole rings is 1. The summed E-state index contributed by atoms with van der Waals surface area (Å²) in [6.07, 6.45) is 0. The monoisotopic (exact) mass is 391 g/mol. The van der Waals surface area contributed by atoms with Crippen LogP contribution in [-0.4, -0.2) is 28.5 Å². The number of carbonyl (C=O) groups excluding carboxylic acids is 2. The van der Waals surface area contributed by atoms with Crippen LogP contribution in [0.5, 0.6) is 0 Å². The van der Waals surface area contributed by atoms with Gasteiger partial charge in [0.05, 0.1) is 11.3 Å². The van der Waals surface area contributed by atoms with E-state index in [0.717, 1.165) is 22.8 Å². The highest BCUT2D eigenvalue weighted by Crippen LogP contribution is 2.19. The lowest BCUT2D eigenvalue weighted by Gasteiger charge is -2.09. The molecule has 0 aliphatic carbocycles. The molecule has 0 atom stereocenters. The molecular weight excluding hydrogens is 366 g/mol. The van der Waals surface area contributed by atoms with E-state index in [-0.39, 0.29) is 12.5 Å². The number of aromatic amines is 1. The van der Waals surface area contributed by atoms with Gasteiger partial charge in [0.2, 0.25) is 0 Å². The molecule has 0 aliphatic heterocycles. The van der Waals surface area contributed by atoms with Gasteiger partial charge in [0.1, 0.15) is 5.82 Å². The van der Waals surface area contributed by atoms with Crippen molar-refractivity contribution >= 4 is 17.6 Å². The largest absolute Gasteiger partial charge is 0.452 e. The van der Waals surface area contributed by atoms with E-state index in [9.17, 15) is 9.59 Å². The number of benzene rings is 2. The van der Waals surface area contributed by atoms with Crippen LogP contribution in [0.15, 0.2) is 48.5 Å². The number of hydrogen-bond acceptors (Lipinski definition) is 4. The minimum atomic E-state index is -0.548. The lowest BCUT2D eigenvalue weighted by molar-refractivity contribution is -0.119. The smallest absolute Gasteiger partial charge is 0.338 e. The number of aryl methyl sites for hydroxylation is 2. The maximum absolute atomic E-state index is 12.2. The summed E-state index contributed by atoms with van der Waals surface area (Å²) in [5.74, 6) is 0.248. The molecule has 3 rings (SSSR count). The minimum Gasteiger partial charge on any atom is -0.452 e. The van der Waals surface area contributed by atoms with E-state index in [4.69, 9.17) is 4.74 Å². The highest BCUT2D eigenvalue weighted by Gasteiger charge is 2.12. The maximum Gasteiger partial charge on any atom is 0.338 e. The Hall–Kier alpha value is -3.41. The first kappa shape index (κ1) is 20.3. The van der Waals surface area contributed by atoms with E-state index in [1.54, 1.807) is 24.3 Å². The third-order valence-corrected chi connectivity index (χ3v) is 4.72. The Morgan fingerprint density at radius 1 is 1.03 bits per heavy atom.